The van der Waals surface area contributed by atoms with E-state index in [0.29, 0.717) is 0 Å². The Labute approximate surface area is 65.9 Å². The molecule has 0 aliphatic heterocycles. The molecule has 0 aromatic heterocycles. The summed E-state index contributed by atoms with van der Waals surface area (Å²) in [6, 6.07) is -1.82. The summed E-state index contributed by atoms with van der Waals surface area (Å²) in [6.07, 6.45) is -3.32. The highest BCUT2D eigenvalue weighted by molar-refractivity contribution is 5.76. The molecule has 2 atom stereocenters. The van der Waals surface area contributed by atoms with Crippen LogP contribution in [-0.2, 0) is 9.59 Å². The predicted molar refractivity (Wildman–Crippen MR) is 32.8 cm³/mol. The number of alkyl halides is 1. The van der Waals surface area contributed by atoms with Crippen molar-refractivity contribution >= 4 is 11.9 Å². The van der Waals surface area contributed by atoms with E-state index in [4.69, 9.17) is 10.2 Å². The van der Waals surface area contributed by atoms with Gasteiger partial charge in [-0.1, -0.05) is 0 Å². The van der Waals surface area contributed by atoms with Crippen molar-refractivity contribution in [1.82, 2.24) is 5.54 Å². The summed E-state index contributed by atoms with van der Waals surface area (Å²) < 4.78 is 23.8. The Hall–Kier alpha value is -1.24. The molecule has 0 aromatic rings. The van der Waals surface area contributed by atoms with Gasteiger partial charge in [0.2, 0.25) is 0 Å². The monoisotopic (exact) mass is 183 g/mol. The Morgan fingerprint density at radius 1 is 1.33 bits per heavy atom. The summed E-state index contributed by atoms with van der Waals surface area (Å²) in [4.78, 5) is 19.9. The van der Waals surface area contributed by atoms with E-state index in [-0.39, 0.29) is 0 Å². The second-order valence-corrected chi connectivity index (χ2v) is 2.04. The number of nitrogens with one attached hydrogen (secondary N) is 1. The van der Waals surface area contributed by atoms with Crippen LogP contribution in [0.25, 0.3) is 0 Å². The molecule has 0 amide bonds. The van der Waals surface area contributed by atoms with Crippen molar-refractivity contribution in [2.45, 2.75) is 18.6 Å². The van der Waals surface area contributed by atoms with Gasteiger partial charge in [0, 0.05) is 6.42 Å². The summed E-state index contributed by atoms with van der Waals surface area (Å²) >= 11 is 0. The van der Waals surface area contributed by atoms with E-state index in [1.54, 1.807) is 0 Å². The average molecular weight is 183 g/mol. The highest BCUT2D eigenvalue weighted by atomic mass is 19.2. The van der Waals surface area contributed by atoms with Crippen LogP contribution in [0.15, 0.2) is 0 Å². The van der Waals surface area contributed by atoms with Crippen LogP contribution < -0.4 is 5.54 Å². The van der Waals surface area contributed by atoms with Gasteiger partial charge in [0.1, 0.15) is 6.04 Å². The van der Waals surface area contributed by atoms with Gasteiger partial charge >= 0.3 is 11.9 Å². The number of halogens is 2. The average Bonchev–Trinajstić information content (AvgIpc) is 1.98. The van der Waals surface area contributed by atoms with E-state index in [9.17, 15) is 18.5 Å². The van der Waals surface area contributed by atoms with Crippen LogP contribution in [-0.4, -0.2) is 34.4 Å². The van der Waals surface area contributed by atoms with Crippen LogP contribution in [0.5, 0.6) is 0 Å². The van der Waals surface area contributed by atoms with Crippen molar-refractivity contribution in [3.05, 3.63) is 0 Å². The third-order valence-corrected chi connectivity index (χ3v) is 1.14. The fraction of sp³-hybridized carbons (Fsp3) is 0.600. The maximum Gasteiger partial charge on any atom is 0.338 e. The van der Waals surface area contributed by atoms with Crippen LogP contribution in [0.4, 0.5) is 8.87 Å². The molecule has 12 heavy (non-hydrogen) atoms. The number of hydrogen-bond donors (Lipinski definition) is 3. The lowest BCUT2D eigenvalue weighted by Crippen LogP contribution is -2.36. The molecular weight excluding hydrogens is 176 g/mol. The van der Waals surface area contributed by atoms with Gasteiger partial charge in [-0.25, -0.2) is 9.18 Å². The van der Waals surface area contributed by atoms with Gasteiger partial charge in [0.25, 0.3) is 0 Å². The molecule has 0 rings (SSSR count). The van der Waals surface area contributed by atoms with Crippen molar-refractivity contribution in [2.24, 2.45) is 0 Å². The minimum absolute atomic E-state index is 0.784. The van der Waals surface area contributed by atoms with Gasteiger partial charge < -0.3 is 10.2 Å². The molecule has 0 heterocycles. The normalized spacial score (nSPS) is 15.2. The molecule has 0 aliphatic carbocycles. The number of carbonyl (C=O) groups is 2. The van der Waals surface area contributed by atoms with Crippen LogP contribution >= 0.6 is 0 Å². The van der Waals surface area contributed by atoms with Crippen molar-refractivity contribution < 1.29 is 28.7 Å². The first-order valence-electron chi connectivity index (χ1n) is 2.95. The fourth-order valence-electron chi connectivity index (χ4n) is 0.500. The zero-order chi connectivity index (χ0) is 9.72. The molecule has 3 N–H and O–H groups in total. The largest absolute Gasteiger partial charge is 0.480 e. The minimum atomic E-state index is -2.38. The molecular formula is C5H7F2NO4. The Morgan fingerprint density at radius 2 is 1.83 bits per heavy atom. The fourth-order valence-corrected chi connectivity index (χ4v) is 0.500. The molecule has 0 radical (unpaired) electrons. The zero-order valence-corrected chi connectivity index (χ0v) is 5.83. The third kappa shape index (κ3) is 3.24. The first-order valence-corrected chi connectivity index (χ1v) is 2.95. The molecule has 0 bridgehead atoms. The van der Waals surface area contributed by atoms with Gasteiger partial charge in [0.15, 0.2) is 6.17 Å². The number of carboxylic acids is 2. The quantitative estimate of drug-likeness (QED) is 0.510. The lowest BCUT2D eigenvalue weighted by molar-refractivity contribution is -0.145. The Kier molecular flexibility index (Phi) is 4.12. The second kappa shape index (κ2) is 4.60. The summed E-state index contributed by atoms with van der Waals surface area (Å²) in [7, 11) is 0. The first-order chi connectivity index (χ1) is 5.49. The van der Waals surface area contributed by atoms with Crippen molar-refractivity contribution in [3.63, 3.8) is 0 Å². The molecule has 0 saturated heterocycles. The number of hydrogen-bond acceptors (Lipinski definition) is 3. The number of carboxylic acid groups (broad SMARTS) is 2. The molecule has 70 valence electrons. The lowest BCUT2D eigenvalue weighted by Gasteiger charge is -2.08. The molecule has 0 fully saturated rings. The van der Waals surface area contributed by atoms with Gasteiger partial charge in [-0.3, -0.25) is 4.79 Å². The molecule has 0 spiro atoms. The lowest BCUT2D eigenvalue weighted by atomic mass is 10.1. The maximum atomic E-state index is 12.3. The molecule has 5 nitrogen and oxygen atoms in total. The van der Waals surface area contributed by atoms with Gasteiger partial charge in [-0.05, 0) is 0 Å². The highest BCUT2D eigenvalue weighted by Crippen LogP contribution is 2.03. The van der Waals surface area contributed by atoms with E-state index >= 15 is 0 Å². The van der Waals surface area contributed by atoms with Crippen LogP contribution in [0.2, 0.25) is 0 Å². The number of rotatable bonds is 5. The van der Waals surface area contributed by atoms with Crippen molar-refractivity contribution in [2.75, 3.05) is 0 Å². The van der Waals surface area contributed by atoms with Gasteiger partial charge in [-0.2, -0.15) is 0 Å². The Bertz CT molecular complexity index is 186. The number of aliphatic carboxylic acids is 2. The summed E-state index contributed by atoms with van der Waals surface area (Å²) in [5.41, 5.74) is 0.784. The smallest absolute Gasteiger partial charge is 0.338 e. The Balaban J connectivity index is 4.02. The van der Waals surface area contributed by atoms with E-state index < -0.39 is 30.6 Å². The first kappa shape index (κ1) is 10.8. The van der Waals surface area contributed by atoms with Crippen LogP contribution in [0.1, 0.15) is 6.42 Å². The van der Waals surface area contributed by atoms with E-state index in [1.165, 1.54) is 0 Å². The zero-order valence-electron chi connectivity index (χ0n) is 5.83. The van der Waals surface area contributed by atoms with E-state index in [2.05, 4.69) is 0 Å². The summed E-state index contributed by atoms with van der Waals surface area (Å²) in [6.45, 7) is 0. The maximum absolute atomic E-state index is 12.3. The van der Waals surface area contributed by atoms with E-state index in [0.717, 1.165) is 5.54 Å². The Morgan fingerprint density at radius 3 is 2.08 bits per heavy atom. The topological polar surface area (TPSA) is 86.6 Å². The minimum Gasteiger partial charge on any atom is -0.480 e. The second-order valence-electron chi connectivity index (χ2n) is 2.04. The highest BCUT2D eigenvalue weighted by Gasteiger charge is 2.26. The molecule has 0 aliphatic rings. The molecule has 1 unspecified atom stereocenters. The predicted octanol–water partition coefficient (Wildman–Crippen LogP) is -0.273. The standard InChI is InChI=1S/C5H7F2NO4/c6-2(4(9)10)1-3(8-7)5(11)12/h2-3,8H,1H2,(H,9,10)(H,11,12)/t2?,3-/m0/s1. The van der Waals surface area contributed by atoms with Gasteiger partial charge in [-0.15, -0.1) is 10.0 Å². The van der Waals surface area contributed by atoms with Crippen LogP contribution in [0, 0.1) is 0 Å². The molecule has 0 saturated carbocycles. The van der Waals surface area contributed by atoms with Crippen molar-refractivity contribution in [3.8, 4) is 0 Å². The van der Waals surface area contributed by atoms with E-state index in [1.807, 2.05) is 0 Å². The van der Waals surface area contributed by atoms with Gasteiger partial charge in [0.05, 0.1) is 0 Å². The van der Waals surface area contributed by atoms with Crippen molar-refractivity contribution in [1.29, 1.82) is 0 Å². The molecule has 0 aromatic carbocycles. The molecule has 7 heteroatoms. The summed E-state index contributed by atoms with van der Waals surface area (Å²) in [5.74, 6) is -3.45. The SMILES string of the molecule is O=C(O)C(F)C[C@H](NF)C(=O)O. The summed E-state index contributed by atoms with van der Waals surface area (Å²) in [5, 5.41) is 16.1. The third-order valence-electron chi connectivity index (χ3n) is 1.14. The van der Waals surface area contributed by atoms with Crippen LogP contribution in [0.3, 0.4) is 0 Å².